The van der Waals surface area contributed by atoms with Gasteiger partial charge in [0.25, 0.3) is 5.91 Å². The van der Waals surface area contributed by atoms with Crippen molar-refractivity contribution in [2.24, 2.45) is 0 Å². The highest BCUT2D eigenvalue weighted by Crippen LogP contribution is 2.32. The number of ether oxygens (including phenoxy) is 1. The van der Waals surface area contributed by atoms with Gasteiger partial charge in [0.15, 0.2) is 5.65 Å². The molecular formula is C22H25N7O3. The Hall–Kier alpha value is -3.50. The maximum absolute atomic E-state index is 13.0. The van der Waals surface area contributed by atoms with Gasteiger partial charge in [-0.1, -0.05) is 0 Å². The lowest BCUT2D eigenvalue weighted by molar-refractivity contribution is 0.0888. The molecule has 0 spiro atoms. The Balaban J connectivity index is 1.63. The molecule has 0 unspecified atom stereocenters. The maximum Gasteiger partial charge on any atom is 0.257 e. The van der Waals surface area contributed by atoms with Gasteiger partial charge in [0, 0.05) is 42.5 Å². The van der Waals surface area contributed by atoms with Crippen LogP contribution in [0, 0.1) is 0 Å². The highest BCUT2D eigenvalue weighted by Gasteiger charge is 2.29. The molecule has 5 rings (SSSR count). The summed E-state index contributed by atoms with van der Waals surface area (Å²) in [4.78, 5) is 22.3. The second-order valence-electron chi connectivity index (χ2n) is 8.17. The van der Waals surface area contributed by atoms with Crippen molar-refractivity contribution in [3.8, 4) is 11.3 Å². The van der Waals surface area contributed by atoms with Crippen LogP contribution in [0.1, 0.15) is 30.2 Å². The number of rotatable bonds is 5. The maximum atomic E-state index is 13.0. The topological polar surface area (TPSA) is 119 Å². The van der Waals surface area contributed by atoms with Crippen LogP contribution in [0.2, 0.25) is 0 Å². The highest BCUT2D eigenvalue weighted by molar-refractivity contribution is 6.01. The Labute approximate surface area is 184 Å². The van der Waals surface area contributed by atoms with E-state index >= 15 is 0 Å². The van der Waals surface area contributed by atoms with Crippen LogP contribution in [0.15, 0.2) is 36.8 Å². The minimum absolute atomic E-state index is 0.208. The third-order valence-corrected chi connectivity index (χ3v) is 5.76. The van der Waals surface area contributed by atoms with E-state index in [1.54, 1.807) is 17.8 Å². The number of carbonyl (C=O) groups excluding carboxylic acids is 1. The Morgan fingerprint density at radius 3 is 2.88 bits per heavy atom. The number of carbonyl (C=O) groups is 1. The summed E-state index contributed by atoms with van der Waals surface area (Å²) in [5.74, 6) is 0.343. The molecule has 1 fully saturated rings. The number of amides is 1. The van der Waals surface area contributed by atoms with E-state index in [1.807, 2.05) is 24.4 Å². The molecule has 1 aliphatic heterocycles. The van der Waals surface area contributed by atoms with Crippen molar-refractivity contribution in [1.82, 2.24) is 29.5 Å². The van der Waals surface area contributed by atoms with Crippen LogP contribution in [0.4, 0.5) is 5.82 Å². The number of aliphatic hydroxyl groups excluding tert-OH is 1. The first-order valence-electron chi connectivity index (χ1n) is 10.6. The fraction of sp³-hybridized carbons (Fsp3) is 0.364. The van der Waals surface area contributed by atoms with E-state index in [4.69, 9.17) is 9.72 Å². The number of nitrogens with one attached hydrogen (secondary N) is 2. The number of aromatic nitrogens is 5. The minimum atomic E-state index is -0.730. The molecule has 1 amide bonds. The van der Waals surface area contributed by atoms with Crippen LogP contribution in [0.25, 0.3) is 27.9 Å². The molecule has 0 saturated carbocycles. The molecule has 0 aromatic carbocycles. The van der Waals surface area contributed by atoms with Gasteiger partial charge in [-0.15, -0.1) is 0 Å². The lowest BCUT2D eigenvalue weighted by Gasteiger charge is -2.14. The van der Waals surface area contributed by atoms with Gasteiger partial charge < -0.3 is 25.0 Å². The van der Waals surface area contributed by atoms with E-state index < -0.39 is 12.1 Å². The van der Waals surface area contributed by atoms with Crippen molar-refractivity contribution >= 4 is 28.4 Å². The summed E-state index contributed by atoms with van der Waals surface area (Å²) in [7, 11) is 1.80. The van der Waals surface area contributed by atoms with E-state index in [9.17, 15) is 9.90 Å². The summed E-state index contributed by atoms with van der Waals surface area (Å²) in [6.07, 6.45) is 4.58. The number of hydrogen-bond donors (Lipinski definition) is 3. The second-order valence-corrected chi connectivity index (χ2v) is 8.17. The van der Waals surface area contributed by atoms with Crippen molar-refractivity contribution < 1.29 is 14.6 Å². The van der Waals surface area contributed by atoms with E-state index in [0.717, 1.165) is 16.6 Å². The monoisotopic (exact) mass is 435 g/mol. The molecule has 0 aliphatic carbocycles. The standard InChI is InChI=1S/C22H25N7O3/c1-12(2)28-9-15(13-5-4-6-24-20(13)28)16-7-19(23-3)29-21(26-16)14(8-25-29)22(31)27-17-10-32-11-18(17)30/h4-9,12,17-18,23,30H,10-11H2,1-3H3,(H,27,31)/t17-,18+/m1/s1. The normalized spacial score (nSPS) is 18.7. The summed E-state index contributed by atoms with van der Waals surface area (Å²) in [6.45, 7) is 4.69. The number of fused-ring (bicyclic) bond motifs is 2. The molecule has 10 nitrogen and oxygen atoms in total. The lowest BCUT2D eigenvalue weighted by atomic mass is 10.1. The highest BCUT2D eigenvalue weighted by atomic mass is 16.5. The van der Waals surface area contributed by atoms with Crippen molar-refractivity contribution in [1.29, 1.82) is 0 Å². The van der Waals surface area contributed by atoms with Crippen molar-refractivity contribution in [2.45, 2.75) is 32.0 Å². The van der Waals surface area contributed by atoms with Gasteiger partial charge in [0.1, 0.15) is 17.0 Å². The molecule has 0 radical (unpaired) electrons. The smallest absolute Gasteiger partial charge is 0.257 e. The molecule has 0 bridgehead atoms. The molecule has 5 heterocycles. The van der Waals surface area contributed by atoms with E-state index in [1.165, 1.54) is 6.20 Å². The zero-order valence-electron chi connectivity index (χ0n) is 18.1. The number of pyridine rings is 1. The Morgan fingerprint density at radius 1 is 1.31 bits per heavy atom. The number of nitrogens with zero attached hydrogens (tertiary/aromatic N) is 5. The van der Waals surface area contributed by atoms with Gasteiger partial charge in [0.2, 0.25) is 0 Å². The first-order valence-corrected chi connectivity index (χ1v) is 10.6. The van der Waals surface area contributed by atoms with Gasteiger partial charge in [-0.25, -0.2) is 9.97 Å². The number of hydrogen-bond acceptors (Lipinski definition) is 7. The lowest BCUT2D eigenvalue weighted by Crippen LogP contribution is -2.42. The average molecular weight is 435 g/mol. The summed E-state index contributed by atoms with van der Waals surface area (Å²) < 4.78 is 8.94. The summed E-state index contributed by atoms with van der Waals surface area (Å²) in [5, 5.41) is 21.3. The number of aliphatic hydroxyl groups is 1. The molecule has 10 heteroatoms. The van der Waals surface area contributed by atoms with Crippen LogP contribution < -0.4 is 10.6 Å². The Morgan fingerprint density at radius 2 is 2.16 bits per heavy atom. The molecule has 1 saturated heterocycles. The largest absolute Gasteiger partial charge is 0.388 e. The van der Waals surface area contributed by atoms with Crippen molar-refractivity contribution in [3.05, 3.63) is 42.4 Å². The van der Waals surface area contributed by atoms with Crippen LogP contribution in [-0.4, -0.2) is 67.6 Å². The second kappa shape index (κ2) is 7.88. The molecular weight excluding hydrogens is 410 g/mol. The van der Waals surface area contributed by atoms with E-state index in [0.29, 0.717) is 22.7 Å². The Bertz CT molecular complexity index is 1310. The fourth-order valence-electron chi connectivity index (χ4n) is 4.05. The summed E-state index contributed by atoms with van der Waals surface area (Å²) in [5.41, 5.74) is 3.26. The fourth-order valence-corrected chi connectivity index (χ4v) is 4.05. The predicted octanol–water partition coefficient (Wildman–Crippen LogP) is 1.86. The first-order chi connectivity index (χ1) is 15.5. The van der Waals surface area contributed by atoms with Crippen LogP contribution in [-0.2, 0) is 4.74 Å². The first kappa shape index (κ1) is 20.4. The van der Waals surface area contributed by atoms with Gasteiger partial charge in [-0.05, 0) is 26.0 Å². The summed E-state index contributed by atoms with van der Waals surface area (Å²) >= 11 is 0. The third kappa shape index (κ3) is 3.28. The van der Waals surface area contributed by atoms with Gasteiger partial charge in [-0.2, -0.15) is 9.61 Å². The zero-order chi connectivity index (χ0) is 22.4. The number of anilines is 1. The molecule has 166 valence electrons. The minimum Gasteiger partial charge on any atom is -0.388 e. The molecule has 4 aromatic rings. The van der Waals surface area contributed by atoms with Gasteiger partial charge in [0.05, 0.1) is 37.3 Å². The van der Waals surface area contributed by atoms with Crippen LogP contribution in [0.5, 0.6) is 0 Å². The van der Waals surface area contributed by atoms with Crippen LogP contribution >= 0.6 is 0 Å². The third-order valence-electron chi connectivity index (χ3n) is 5.76. The Kier molecular flexibility index (Phi) is 5.03. The molecule has 2 atom stereocenters. The molecule has 4 aromatic heterocycles. The quantitative estimate of drug-likeness (QED) is 0.438. The summed E-state index contributed by atoms with van der Waals surface area (Å²) in [6, 6.07) is 5.60. The van der Waals surface area contributed by atoms with Crippen LogP contribution in [0.3, 0.4) is 0 Å². The van der Waals surface area contributed by atoms with E-state index in [2.05, 4.69) is 39.1 Å². The van der Waals surface area contributed by atoms with Crippen molar-refractivity contribution in [2.75, 3.05) is 25.6 Å². The van der Waals surface area contributed by atoms with Crippen molar-refractivity contribution in [3.63, 3.8) is 0 Å². The molecule has 3 N–H and O–H groups in total. The average Bonchev–Trinajstić information content (AvgIpc) is 3.50. The van der Waals surface area contributed by atoms with Gasteiger partial charge in [-0.3, -0.25) is 4.79 Å². The molecule has 32 heavy (non-hydrogen) atoms. The van der Waals surface area contributed by atoms with E-state index in [-0.39, 0.29) is 25.2 Å². The molecule has 1 aliphatic rings. The zero-order valence-corrected chi connectivity index (χ0v) is 18.1. The van der Waals surface area contributed by atoms with Gasteiger partial charge >= 0.3 is 0 Å². The SMILES string of the molecule is CNc1cc(-c2cn(C(C)C)c3ncccc23)nc2c(C(=O)N[C@@H]3COC[C@@H]3O)cnn12. The predicted molar refractivity (Wildman–Crippen MR) is 120 cm³/mol.